The van der Waals surface area contributed by atoms with Crippen molar-refractivity contribution in [3.05, 3.63) is 92.6 Å². The number of Topliss-reactive ketones (excluding diaryl/α,β-unsaturated/α-hetero) is 1. The van der Waals surface area contributed by atoms with Crippen LogP contribution in [-0.4, -0.2) is 17.4 Å². The highest BCUT2D eigenvalue weighted by Crippen LogP contribution is 2.41. The molecule has 5 nitrogen and oxygen atoms in total. The molecule has 1 aliphatic heterocycles. The van der Waals surface area contributed by atoms with Gasteiger partial charge < -0.3 is 10.6 Å². The van der Waals surface area contributed by atoms with E-state index in [-0.39, 0.29) is 17.4 Å². The summed E-state index contributed by atoms with van der Waals surface area (Å²) in [7, 11) is 0. The molecule has 0 bridgehead atoms. The third kappa shape index (κ3) is 5.57. The number of hydrogen-bond acceptors (Lipinski definition) is 5. The predicted molar refractivity (Wildman–Crippen MR) is 124 cm³/mol. The van der Waals surface area contributed by atoms with Crippen molar-refractivity contribution in [1.29, 1.82) is 5.26 Å². The average molecular weight is 452 g/mol. The van der Waals surface area contributed by atoms with Gasteiger partial charge in [0.15, 0.2) is 5.78 Å². The van der Waals surface area contributed by atoms with Gasteiger partial charge in [0.1, 0.15) is 0 Å². The van der Waals surface area contributed by atoms with Gasteiger partial charge in [0.2, 0.25) is 5.91 Å². The average Bonchev–Trinajstić information content (AvgIpc) is 2.76. The van der Waals surface area contributed by atoms with Crippen LogP contribution in [0.15, 0.2) is 76.5 Å². The van der Waals surface area contributed by atoms with Crippen LogP contribution in [0.3, 0.4) is 0 Å². The molecule has 2 aromatic carbocycles. The van der Waals surface area contributed by atoms with Crippen LogP contribution in [0.5, 0.6) is 0 Å². The van der Waals surface area contributed by atoms with Crippen molar-refractivity contribution in [1.82, 2.24) is 10.6 Å². The number of halogens is 1. The van der Waals surface area contributed by atoms with Crippen LogP contribution < -0.4 is 10.6 Å². The monoisotopic (exact) mass is 451 g/mol. The molecule has 1 aliphatic rings. The van der Waals surface area contributed by atoms with Crippen LogP contribution in [0.2, 0.25) is 5.02 Å². The molecule has 0 aliphatic carbocycles. The minimum absolute atomic E-state index is 0.109. The molecule has 0 fully saturated rings. The first kappa shape index (κ1) is 22.7. The van der Waals surface area contributed by atoms with Gasteiger partial charge in [-0.2, -0.15) is 5.26 Å². The number of amides is 1. The van der Waals surface area contributed by atoms with Crippen LogP contribution >= 0.6 is 23.4 Å². The lowest BCUT2D eigenvalue weighted by atomic mass is 9.81. The minimum atomic E-state index is -0.504. The quantitative estimate of drug-likeness (QED) is 0.639. The Balaban J connectivity index is 1.80. The lowest BCUT2D eigenvalue weighted by Crippen LogP contribution is -2.29. The molecule has 0 saturated heterocycles. The van der Waals surface area contributed by atoms with Crippen molar-refractivity contribution < 1.29 is 9.59 Å². The summed E-state index contributed by atoms with van der Waals surface area (Å²) < 4.78 is 0. The highest BCUT2D eigenvalue weighted by atomic mass is 35.5. The molecule has 31 heavy (non-hydrogen) atoms. The van der Waals surface area contributed by atoms with Crippen molar-refractivity contribution in [3.63, 3.8) is 0 Å². The van der Waals surface area contributed by atoms with Gasteiger partial charge in [-0.1, -0.05) is 65.8 Å². The van der Waals surface area contributed by atoms with Crippen LogP contribution in [0.4, 0.5) is 0 Å². The number of carbonyl (C=O) groups is 2. The maximum absolute atomic E-state index is 12.4. The summed E-state index contributed by atoms with van der Waals surface area (Å²) in [5.74, 6) is -0.600. The Morgan fingerprint density at radius 3 is 2.45 bits per heavy atom. The van der Waals surface area contributed by atoms with Gasteiger partial charge in [-0.15, -0.1) is 0 Å². The fraction of sp³-hybridized carbons (Fsp3) is 0.208. The van der Waals surface area contributed by atoms with E-state index in [0.717, 1.165) is 11.1 Å². The second-order valence-corrected chi connectivity index (χ2v) is 8.53. The molecule has 1 atom stereocenters. The molecule has 2 aromatic rings. The number of allylic oxidation sites excluding steroid dienone is 3. The molecule has 0 aromatic heterocycles. The lowest BCUT2D eigenvalue weighted by Gasteiger charge is -2.29. The standard InChI is InChI=1S/C24H22ClN3O2S/c1-15-22(16(2)29)23(18-8-10-19(25)11-9-18)20(12-26)24(28-15)31-14-21(30)27-13-17-6-4-3-5-7-17/h3-11,23,28H,13-14H2,1-2H3,(H,27,30)/t23-/m0/s1. The van der Waals surface area contributed by atoms with Crippen molar-refractivity contribution in [2.24, 2.45) is 0 Å². The summed E-state index contributed by atoms with van der Waals surface area (Å²) in [5, 5.41) is 17.1. The van der Waals surface area contributed by atoms with E-state index in [1.807, 2.05) is 49.4 Å². The highest BCUT2D eigenvalue weighted by Gasteiger charge is 2.33. The van der Waals surface area contributed by atoms with Gasteiger partial charge in [-0.25, -0.2) is 0 Å². The summed E-state index contributed by atoms with van der Waals surface area (Å²) in [6, 6.07) is 19.0. The number of benzene rings is 2. The second kappa shape index (κ2) is 10.3. The smallest absolute Gasteiger partial charge is 0.230 e. The van der Waals surface area contributed by atoms with Gasteiger partial charge in [-0.3, -0.25) is 9.59 Å². The summed E-state index contributed by atoms with van der Waals surface area (Å²) in [6.45, 7) is 3.75. The van der Waals surface area contributed by atoms with E-state index >= 15 is 0 Å². The van der Waals surface area contributed by atoms with Crippen molar-refractivity contribution in [2.75, 3.05) is 5.75 Å². The summed E-state index contributed by atoms with van der Waals surface area (Å²) in [6.07, 6.45) is 0. The van der Waals surface area contributed by atoms with E-state index in [0.29, 0.717) is 33.4 Å². The van der Waals surface area contributed by atoms with Gasteiger partial charge in [0.25, 0.3) is 0 Å². The summed E-state index contributed by atoms with van der Waals surface area (Å²) in [4.78, 5) is 24.7. The van der Waals surface area contributed by atoms with Crippen LogP contribution in [-0.2, 0) is 16.1 Å². The summed E-state index contributed by atoms with van der Waals surface area (Å²) in [5.41, 5.74) is 3.45. The Hall–Kier alpha value is -3.01. The molecular weight excluding hydrogens is 430 g/mol. The van der Waals surface area contributed by atoms with Gasteiger partial charge in [-0.05, 0) is 37.1 Å². The first-order chi connectivity index (χ1) is 14.9. The zero-order valence-corrected chi connectivity index (χ0v) is 18.8. The third-order valence-corrected chi connectivity index (χ3v) is 6.18. The zero-order valence-electron chi connectivity index (χ0n) is 17.2. The lowest BCUT2D eigenvalue weighted by molar-refractivity contribution is -0.118. The van der Waals surface area contributed by atoms with Crippen LogP contribution in [0.1, 0.15) is 30.9 Å². The van der Waals surface area contributed by atoms with E-state index in [9.17, 15) is 14.9 Å². The maximum atomic E-state index is 12.4. The van der Waals surface area contributed by atoms with Crippen LogP contribution in [0.25, 0.3) is 0 Å². The van der Waals surface area contributed by atoms with E-state index in [1.54, 1.807) is 12.1 Å². The Bertz CT molecular complexity index is 1090. The maximum Gasteiger partial charge on any atom is 0.230 e. The number of carbonyl (C=O) groups excluding carboxylic acids is 2. The summed E-state index contributed by atoms with van der Waals surface area (Å²) >= 11 is 7.27. The molecule has 1 amide bonds. The van der Waals surface area contributed by atoms with E-state index in [2.05, 4.69) is 16.7 Å². The molecule has 0 spiro atoms. The third-order valence-electron chi connectivity index (χ3n) is 4.91. The second-order valence-electron chi connectivity index (χ2n) is 7.11. The van der Waals surface area contributed by atoms with Gasteiger partial charge in [0.05, 0.1) is 28.3 Å². The first-order valence-corrected chi connectivity index (χ1v) is 11.1. The Morgan fingerprint density at radius 2 is 1.84 bits per heavy atom. The number of dihydropyridines is 1. The molecular formula is C24H22ClN3O2S. The van der Waals surface area contributed by atoms with Crippen molar-refractivity contribution in [3.8, 4) is 6.07 Å². The number of nitrogens with one attached hydrogen (secondary N) is 2. The highest BCUT2D eigenvalue weighted by molar-refractivity contribution is 8.03. The number of hydrogen-bond donors (Lipinski definition) is 2. The largest absolute Gasteiger partial charge is 0.353 e. The Labute approximate surface area is 191 Å². The Kier molecular flexibility index (Phi) is 7.56. The molecule has 0 saturated carbocycles. The van der Waals surface area contributed by atoms with E-state index in [4.69, 9.17) is 11.6 Å². The molecule has 3 rings (SSSR count). The topological polar surface area (TPSA) is 82.0 Å². The van der Waals surface area contributed by atoms with Crippen LogP contribution in [0, 0.1) is 11.3 Å². The fourth-order valence-corrected chi connectivity index (χ4v) is 4.51. The molecule has 158 valence electrons. The van der Waals surface area contributed by atoms with Gasteiger partial charge >= 0.3 is 0 Å². The van der Waals surface area contributed by atoms with E-state index in [1.165, 1.54) is 18.7 Å². The van der Waals surface area contributed by atoms with Crippen molar-refractivity contribution in [2.45, 2.75) is 26.3 Å². The number of rotatable bonds is 7. The zero-order chi connectivity index (χ0) is 22.4. The SMILES string of the molecule is CC(=O)C1=C(C)NC(SCC(=O)NCc2ccccc2)=C(C#N)[C@@H]1c1ccc(Cl)cc1. The minimum Gasteiger partial charge on any atom is -0.353 e. The molecule has 7 heteroatoms. The number of nitrogens with zero attached hydrogens (tertiary/aromatic N) is 1. The molecule has 1 heterocycles. The van der Waals surface area contributed by atoms with Gasteiger partial charge in [0, 0.05) is 22.8 Å². The first-order valence-electron chi connectivity index (χ1n) is 9.72. The normalized spacial score (nSPS) is 15.9. The number of nitriles is 1. The molecule has 0 unspecified atom stereocenters. The van der Waals surface area contributed by atoms with E-state index < -0.39 is 5.92 Å². The predicted octanol–water partition coefficient (Wildman–Crippen LogP) is 4.67. The molecule has 2 N–H and O–H groups in total. The number of thioether (sulfide) groups is 1. The van der Waals surface area contributed by atoms with Crippen molar-refractivity contribution >= 4 is 35.1 Å². The Morgan fingerprint density at radius 1 is 1.16 bits per heavy atom. The number of ketones is 1. The molecule has 0 radical (unpaired) electrons. The fourth-order valence-electron chi connectivity index (χ4n) is 3.47.